The summed E-state index contributed by atoms with van der Waals surface area (Å²) in [5.74, 6) is 0.00662. The molecule has 1 amide bonds. The number of thiophene rings is 1. The zero-order chi connectivity index (χ0) is 21.9. The highest BCUT2D eigenvalue weighted by Gasteiger charge is 2.30. The maximum absolute atomic E-state index is 12.7. The molecule has 1 N–H and O–H groups in total. The molecule has 0 atom stereocenters. The average molecular weight is 433 g/mol. The van der Waals surface area contributed by atoms with E-state index in [0.717, 1.165) is 17.7 Å². The number of nitrogens with one attached hydrogen (secondary N) is 1. The summed E-state index contributed by atoms with van der Waals surface area (Å²) in [6.07, 6.45) is -4.41. The number of benzene rings is 2. The maximum atomic E-state index is 12.7. The monoisotopic (exact) mass is 433 g/mol. The first-order chi connectivity index (χ1) is 14.0. The Morgan fingerprint density at radius 3 is 2.10 bits per heavy atom. The quantitative estimate of drug-likeness (QED) is 0.475. The van der Waals surface area contributed by atoms with Crippen LogP contribution in [0, 0.1) is 0 Å². The minimum atomic E-state index is -4.41. The first-order valence-electron chi connectivity index (χ1n) is 9.32. The second kappa shape index (κ2) is 8.52. The lowest BCUT2D eigenvalue weighted by molar-refractivity contribution is -0.137. The van der Waals surface area contributed by atoms with Crippen LogP contribution in [0.15, 0.2) is 60.0 Å². The average Bonchev–Trinajstić information content (AvgIpc) is 3.14. The van der Waals surface area contributed by atoms with E-state index in [0.29, 0.717) is 17.2 Å². The molecule has 0 saturated carbocycles. The Bertz CT molecular complexity index is 1000. The molecule has 158 valence electrons. The zero-order valence-corrected chi connectivity index (χ0v) is 17.7. The van der Waals surface area contributed by atoms with Crippen molar-refractivity contribution in [3.63, 3.8) is 0 Å². The molecule has 30 heavy (non-hydrogen) atoms. The van der Waals surface area contributed by atoms with Crippen LogP contribution >= 0.6 is 11.3 Å². The van der Waals surface area contributed by atoms with Crippen molar-refractivity contribution in [2.45, 2.75) is 39.0 Å². The number of hydrogen-bond acceptors (Lipinski definition) is 3. The highest BCUT2D eigenvalue weighted by molar-refractivity contribution is 7.12. The molecule has 0 aliphatic carbocycles. The molecule has 0 aliphatic heterocycles. The van der Waals surface area contributed by atoms with Gasteiger partial charge in [-0.25, -0.2) is 0 Å². The van der Waals surface area contributed by atoms with Gasteiger partial charge in [0.1, 0.15) is 17.2 Å². The van der Waals surface area contributed by atoms with Gasteiger partial charge in [-0.15, -0.1) is 11.3 Å². The third-order valence-corrected chi connectivity index (χ3v) is 5.41. The van der Waals surface area contributed by atoms with E-state index in [-0.39, 0.29) is 11.1 Å². The number of ether oxygens (including phenoxy) is 1. The number of halogens is 3. The van der Waals surface area contributed by atoms with Crippen molar-refractivity contribution in [1.82, 2.24) is 0 Å². The SMILES string of the molecule is CC(C)(C)c1ccc(COc2ccsc2C(=O)Nc2ccc(C(F)(F)F)cc2)cc1. The summed E-state index contributed by atoms with van der Waals surface area (Å²) >= 11 is 1.21. The largest absolute Gasteiger partial charge is 0.487 e. The fourth-order valence-electron chi connectivity index (χ4n) is 2.77. The predicted octanol–water partition coefficient (Wildman–Crippen LogP) is 6.90. The Kier molecular flexibility index (Phi) is 6.22. The van der Waals surface area contributed by atoms with Crippen molar-refractivity contribution in [2.75, 3.05) is 5.32 Å². The molecule has 0 spiro atoms. The Labute approximate surface area is 177 Å². The number of alkyl halides is 3. The van der Waals surface area contributed by atoms with Crippen LogP contribution in [-0.4, -0.2) is 5.91 Å². The van der Waals surface area contributed by atoms with Crippen LogP contribution < -0.4 is 10.1 Å². The van der Waals surface area contributed by atoms with Crippen LogP contribution in [0.25, 0.3) is 0 Å². The molecular formula is C23H22F3NO2S. The van der Waals surface area contributed by atoms with Gasteiger partial charge >= 0.3 is 6.18 Å². The molecule has 1 heterocycles. The maximum Gasteiger partial charge on any atom is 0.416 e. The molecular weight excluding hydrogens is 411 g/mol. The Hall–Kier alpha value is -2.80. The molecule has 0 bridgehead atoms. The van der Waals surface area contributed by atoms with Gasteiger partial charge in [0.2, 0.25) is 0 Å². The second-order valence-corrected chi connectivity index (χ2v) is 8.79. The van der Waals surface area contributed by atoms with E-state index < -0.39 is 17.6 Å². The fourth-order valence-corrected chi connectivity index (χ4v) is 3.50. The standard InChI is InChI=1S/C23H22F3NO2S/c1-22(2,3)16-6-4-15(5-7-16)14-29-19-12-13-30-20(19)21(28)27-18-10-8-17(9-11-18)23(24,25)26/h4-13H,14H2,1-3H3,(H,27,28). The van der Waals surface area contributed by atoms with Gasteiger partial charge in [-0.1, -0.05) is 45.0 Å². The molecule has 0 saturated heterocycles. The molecule has 1 aromatic heterocycles. The molecule has 7 heteroatoms. The van der Waals surface area contributed by atoms with Gasteiger partial charge < -0.3 is 10.1 Å². The fraction of sp³-hybridized carbons (Fsp3) is 0.261. The van der Waals surface area contributed by atoms with Crippen molar-refractivity contribution >= 4 is 22.9 Å². The summed E-state index contributed by atoms with van der Waals surface area (Å²) < 4.78 is 43.8. The van der Waals surface area contributed by atoms with E-state index in [4.69, 9.17) is 4.74 Å². The molecule has 0 fully saturated rings. The lowest BCUT2D eigenvalue weighted by Crippen LogP contribution is -2.12. The number of hydrogen-bond donors (Lipinski definition) is 1. The zero-order valence-electron chi connectivity index (χ0n) is 16.8. The van der Waals surface area contributed by atoms with Gasteiger partial charge in [-0.05, 0) is 52.3 Å². The topological polar surface area (TPSA) is 38.3 Å². The highest BCUT2D eigenvalue weighted by Crippen LogP contribution is 2.31. The molecule has 0 unspecified atom stereocenters. The van der Waals surface area contributed by atoms with Gasteiger partial charge in [0, 0.05) is 5.69 Å². The normalized spacial score (nSPS) is 11.9. The van der Waals surface area contributed by atoms with Crippen molar-refractivity contribution < 1.29 is 22.7 Å². The number of anilines is 1. The summed E-state index contributed by atoms with van der Waals surface area (Å²) in [6.45, 7) is 6.74. The summed E-state index contributed by atoms with van der Waals surface area (Å²) in [4.78, 5) is 12.9. The van der Waals surface area contributed by atoms with Gasteiger partial charge in [0.25, 0.3) is 5.91 Å². The van der Waals surface area contributed by atoms with E-state index in [1.54, 1.807) is 11.4 Å². The van der Waals surface area contributed by atoms with Crippen molar-refractivity contribution in [2.24, 2.45) is 0 Å². The molecule has 3 rings (SSSR count). The minimum Gasteiger partial charge on any atom is -0.487 e. The molecule has 2 aromatic carbocycles. The summed E-state index contributed by atoms with van der Waals surface area (Å²) in [7, 11) is 0. The van der Waals surface area contributed by atoms with E-state index in [1.807, 2.05) is 12.1 Å². The Morgan fingerprint density at radius 1 is 0.933 bits per heavy atom. The van der Waals surface area contributed by atoms with E-state index >= 15 is 0 Å². The smallest absolute Gasteiger partial charge is 0.416 e. The van der Waals surface area contributed by atoms with E-state index in [9.17, 15) is 18.0 Å². The number of carbonyl (C=O) groups is 1. The first kappa shape index (κ1) is 21.9. The number of rotatable bonds is 5. The number of amides is 1. The van der Waals surface area contributed by atoms with Crippen LogP contribution in [0.3, 0.4) is 0 Å². The Balaban J connectivity index is 1.64. The van der Waals surface area contributed by atoms with Gasteiger partial charge in [0.05, 0.1) is 5.56 Å². The van der Waals surface area contributed by atoms with Crippen LogP contribution in [0.1, 0.15) is 47.1 Å². The van der Waals surface area contributed by atoms with Crippen LogP contribution in [0.5, 0.6) is 5.75 Å². The van der Waals surface area contributed by atoms with Crippen LogP contribution in [-0.2, 0) is 18.2 Å². The van der Waals surface area contributed by atoms with Crippen molar-refractivity contribution in [3.8, 4) is 5.75 Å². The Morgan fingerprint density at radius 2 is 1.53 bits per heavy atom. The lowest BCUT2D eigenvalue weighted by Gasteiger charge is -2.19. The first-order valence-corrected chi connectivity index (χ1v) is 10.2. The second-order valence-electron chi connectivity index (χ2n) is 7.88. The van der Waals surface area contributed by atoms with Crippen LogP contribution in [0.4, 0.5) is 18.9 Å². The number of carbonyl (C=O) groups excluding carboxylic acids is 1. The van der Waals surface area contributed by atoms with E-state index in [1.165, 1.54) is 29.0 Å². The molecule has 0 aliphatic rings. The molecule has 3 nitrogen and oxygen atoms in total. The summed E-state index contributed by atoms with van der Waals surface area (Å²) in [6, 6.07) is 14.1. The van der Waals surface area contributed by atoms with Gasteiger partial charge in [-0.3, -0.25) is 4.79 Å². The molecule has 0 radical (unpaired) electrons. The summed E-state index contributed by atoms with van der Waals surface area (Å²) in [5, 5.41) is 4.35. The predicted molar refractivity (Wildman–Crippen MR) is 113 cm³/mol. The molecule has 3 aromatic rings. The van der Waals surface area contributed by atoms with Crippen molar-refractivity contribution in [1.29, 1.82) is 0 Å². The van der Waals surface area contributed by atoms with E-state index in [2.05, 4.69) is 38.2 Å². The summed E-state index contributed by atoms with van der Waals surface area (Å²) in [5.41, 5.74) is 1.78. The third kappa shape index (κ3) is 5.42. The van der Waals surface area contributed by atoms with Gasteiger partial charge in [-0.2, -0.15) is 13.2 Å². The minimum absolute atomic E-state index is 0.0658. The third-order valence-electron chi connectivity index (χ3n) is 4.52. The van der Waals surface area contributed by atoms with Crippen LogP contribution in [0.2, 0.25) is 0 Å². The lowest BCUT2D eigenvalue weighted by atomic mass is 9.87. The highest BCUT2D eigenvalue weighted by atomic mass is 32.1. The van der Waals surface area contributed by atoms with Crippen molar-refractivity contribution in [3.05, 3.63) is 81.5 Å². The van der Waals surface area contributed by atoms with Gasteiger partial charge in [0.15, 0.2) is 0 Å².